The number of rotatable bonds is 4. The summed E-state index contributed by atoms with van der Waals surface area (Å²) in [4.78, 5) is 31.9. The fourth-order valence-electron chi connectivity index (χ4n) is 3.89. The highest BCUT2D eigenvalue weighted by Crippen LogP contribution is 2.41. The van der Waals surface area contributed by atoms with E-state index in [1.807, 2.05) is 0 Å². The number of amides is 2. The molecule has 4 rings (SSSR count). The molecule has 150 valence electrons. The topological polar surface area (TPSA) is 61.8 Å². The lowest BCUT2D eigenvalue weighted by Gasteiger charge is -2.32. The molecule has 1 aliphatic heterocycles. The summed E-state index contributed by atoms with van der Waals surface area (Å²) in [6.45, 7) is -0.192. The number of hydrogen-bond acceptors (Lipinski definition) is 3. The van der Waals surface area contributed by atoms with Crippen LogP contribution >= 0.6 is 11.6 Å². The van der Waals surface area contributed by atoms with E-state index in [2.05, 4.69) is 10.3 Å². The number of hydrogen-bond donors (Lipinski definition) is 1. The molecule has 0 radical (unpaired) electrons. The fourth-order valence-corrected chi connectivity index (χ4v) is 4.07. The number of halogens is 3. The molecule has 0 saturated heterocycles. The van der Waals surface area contributed by atoms with E-state index >= 15 is 0 Å². The van der Waals surface area contributed by atoms with Crippen molar-refractivity contribution in [1.29, 1.82) is 0 Å². The molecule has 2 aromatic rings. The van der Waals surface area contributed by atoms with Gasteiger partial charge in [-0.25, -0.2) is 8.78 Å². The van der Waals surface area contributed by atoms with Gasteiger partial charge >= 0.3 is 0 Å². The van der Waals surface area contributed by atoms with Crippen LogP contribution in [0.25, 0.3) is 0 Å². The summed E-state index contributed by atoms with van der Waals surface area (Å²) < 4.78 is 26.6. The van der Waals surface area contributed by atoms with E-state index in [-0.39, 0.29) is 23.2 Å². The molecule has 1 fully saturated rings. The van der Waals surface area contributed by atoms with Crippen molar-refractivity contribution in [2.75, 3.05) is 11.9 Å². The maximum Gasteiger partial charge on any atom is 0.275 e. The molecule has 1 N–H and O–H groups in total. The Hall–Kier alpha value is -2.80. The van der Waals surface area contributed by atoms with E-state index in [9.17, 15) is 18.4 Å². The average Bonchev–Trinajstić information content (AvgIpc) is 3.26. The van der Waals surface area contributed by atoms with Crippen molar-refractivity contribution < 1.29 is 18.4 Å². The van der Waals surface area contributed by atoms with Crippen molar-refractivity contribution in [1.82, 2.24) is 4.90 Å². The van der Waals surface area contributed by atoms with Crippen molar-refractivity contribution in [3.63, 3.8) is 0 Å². The van der Waals surface area contributed by atoms with E-state index < -0.39 is 23.2 Å². The molecular weight excluding hydrogens is 400 g/mol. The van der Waals surface area contributed by atoms with Crippen LogP contribution in [0.15, 0.2) is 47.5 Å². The van der Waals surface area contributed by atoms with Gasteiger partial charge in [-0.2, -0.15) is 0 Å². The number of carbonyl (C=O) groups is 2. The Balaban J connectivity index is 1.56. The molecule has 0 atom stereocenters. The van der Waals surface area contributed by atoms with Gasteiger partial charge in [0.2, 0.25) is 5.91 Å². The van der Waals surface area contributed by atoms with Gasteiger partial charge in [0.25, 0.3) is 5.91 Å². The van der Waals surface area contributed by atoms with Crippen LogP contribution < -0.4 is 5.32 Å². The Morgan fingerprint density at radius 2 is 1.83 bits per heavy atom. The molecule has 0 aromatic heterocycles. The van der Waals surface area contributed by atoms with Gasteiger partial charge < -0.3 is 10.2 Å². The third-order valence-electron chi connectivity index (χ3n) is 5.30. The first kappa shape index (κ1) is 19.5. The highest BCUT2D eigenvalue weighted by Gasteiger charge is 2.49. The van der Waals surface area contributed by atoms with Crippen LogP contribution in [0.1, 0.15) is 31.2 Å². The zero-order valence-electron chi connectivity index (χ0n) is 15.4. The summed E-state index contributed by atoms with van der Waals surface area (Å²) in [5, 5.41) is 2.54. The van der Waals surface area contributed by atoms with Crippen LogP contribution in [0.3, 0.4) is 0 Å². The number of nitrogens with zero attached hydrogens (tertiary/aromatic N) is 2. The van der Waals surface area contributed by atoms with E-state index in [4.69, 9.17) is 11.6 Å². The maximum atomic E-state index is 13.3. The first-order valence-corrected chi connectivity index (χ1v) is 9.68. The Bertz CT molecular complexity index is 1000. The van der Waals surface area contributed by atoms with Gasteiger partial charge in [0.05, 0.1) is 5.02 Å². The quantitative estimate of drug-likeness (QED) is 0.812. The summed E-state index contributed by atoms with van der Waals surface area (Å²) in [7, 11) is 0. The van der Waals surface area contributed by atoms with E-state index in [0.717, 1.165) is 18.9 Å². The highest BCUT2D eigenvalue weighted by molar-refractivity contribution is 6.47. The van der Waals surface area contributed by atoms with Crippen molar-refractivity contribution in [2.24, 2.45) is 4.99 Å². The van der Waals surface area contributed by atoms with Gasteiger partial charge in [0, 0.05) is 11.3 Å². The molecule has 1 aliphatic carbocycles. The second-order valence-corrected chi connectivity index (χ2v) is 7.63. The van der Waals surface area contributed by atoms with Crippen LogP contribution in [0, 0.1) is 11.6 Å². The summed E-state index contributed by atoms with van der Waals surface area (Å²) in [6.07, 6.45) is 3.14. The lowest BCUT2D eigenvalue weighted by atomic mass is 10.1. The Morgan fingerprint density at radius 3 is 2.48 bits per heavy atom. The molecule has 0 unspecified atom stereocenters. The molecule has 2 aliphatic rings. The minimum atomic E-state index is -0.751. The molecule has 0 bridgehead atoms. The van der Waals surface area contributed by atoms with Gasteiger partial charge in [-0.3, -0.25) is 14.6 Å². The molecule has 2 aromatic carbocycles. The van der Waals surface area contributed by atoms with E-state index in [1.165, 1.54) is 41.3 Å². The van der Waals surface area contributed by atoms with Crippen molar-refractivity contribution in [3.05, 3.63) is 64.7 Å². The van der Waals surface area contributed by atoms with Gasteiger partial charge in [-0.15, -0.1) is 0 Å². The molecule has 1 spiro atoms. The summed E-state index contributed by atoms with van der Waals surface area (Å²) >= 11 is 5.75. The lowest BCUT2D eigenvalue weighted by molar-refractivity contribution is -0.132. The predicted molar refractivity (Wildman–Crippen MR) is 106 cm³/mol. The van der Waals surface area contributed by atoms with Gasteiger partial charge in [0.1, 0.15) is 29.6 Å². The molecule has 8 heteroatoms. The average molecular weight is 418 g/mol. The van der Waals surface area contributed by atoms with Crippen LogP contribution in [0.4, 0.5) is 14.5 Å². The first-order chi connectivity index (χ1) is 13.9. The molecule has 1 heterocycles. The number of anilines is 1. The first-order valence-electron chi connectivity index (χ1n) is 9.31. The SMILES string of the molecule is O=C(CN1C(=O)C(c2ccc(F)cc2)=NC12CCCC2)Nc1ccc(F)c(Cl)c1. The van der Waals surface area contributed by atoms with Crippen molar-refractivity contribution >= 4 is 34.8 Å². The second kappa shape index (κ2) is 7.55. The minimum absolute atomic E-state index is 0.103. The van der Waals surface area contributed by atoms with Crippen LogP contribution in [0.2, 0.25) is 5.02 Å². The molecule has 1 saturated carbocycles. The Morgan fingerprint density at radius 1 is 1.14 bits per heavy atom. The zero-order valence-corrected chi connectivity index (χ0v) is 16.2. The van der Waals surface area contributed by atoms with E-state index in [1.54, 1.807) is 0 Å². The maximum absolute atomic E-state index is 13.3. The lowest BCUT2D eigenvalue weighted by Crippen LogP contribution is -2.48. The van der Waals surface area contributed by atoms with Crippen molar-refractivity contribution in [3.8, 4) is 0 Å². The number of nitrogens with one attached hydrogen (secondary N) is 1. The monoisotopic (exact) mass is 417 g/mol. The molecule has 2 amide bonds. The molecule has 29 heavy (non-hydrogen) atoms. The van der Waals surface area contributed by atoms with Crippen LogP contribution in [0.5, 0.6) is 0 Å². The fraction of sp³-hybridized carbons (Fsp3) is 0.286. The zero-order chi connectivity index (χ0) is 20.6. The van der Waals surface area contributed by atoms with Gasteiger partial charge in [0.15, 0.2) is 0 Å². The third-order valence-corrected chi connectivity index (χ3v) is 5.59. The standard InChI is InChI=1S/C21H18ClF2N3O2/c22-16-11-15(7-8-17(16)24)25-18(28)12-27-20(29)19(13-3-5-14(23)6-4-13)26-21(27)9-1-2-10-21/h3-8,11H,1-2,9-10,12H2,(H,25,28). The molecule has 5 nitrogen and oxygen atoms in total. The largest absolute Gasteiger partial charge is 0.324 e. The number of benzene rings is 2. The Labute approximate surface area is 171 Å². The smallest absolute Gasteiger partial charge is 0.275 e. The van der Waals surface area contributed by atoms with Gasteiger partial charge in [-0.1, -0.05) is 11.6 Å². The number of carbonyl (C=O) groups excluding carboxylic acids is 2. The van der Waals surface area contributed by atoms with E-state index in [0.29, 0.717) is 24.1 Å². The Kier molecular flexibility index (Phi) is 5.08. The van der Waals surface area contributed by atoms with Crippen LogP contribution in [-0.4, -0.2) is 34.6 Å². The summed E-state index contributed by atoms with van der Waals surface area (Å²) in [5.74, 6) is -1.76. The summed E-state index contributed by atoms with van der Waals surface area (Å²) in [5.41, 5.74) is 0.354. The van der Waals surface area contributed by atoms with Crippen molar-refractivity contribution in [2.45, 2.75) is 31.3 Å². The molecular formula is C21H18ClF2N3O2. The third kappa shape index (κ3) is 3.74. The summed E-state index contributed by atoms with van der Waals surface area (Å²) in [6, 6.07) is 9.45. The number of aliphatic imine (C=N–C) groups is 1. The minimum Gasteiger partial charge on any atom is -0.324 e. The van der Waals surface area contributed by atoms with Crippen LogP contribution in [-0.2, 0) is 9.59 Å². The predicted octanol–water partition coefficient (Wildman–Crippen LogP) is 4.16. The highest BCUT2D eigenvalue weighted by atomic mass is 35.5. The second-order valence-electron chi connectivity index (χ2n) is 7.23. The normalized spacial score (nSPS) is 17.7. The van der Waals surface area contributed by atoms with Gasteiger partial charge in [-0.05, 0) is 68.1 Å².